The number of hydrogen-bond acceptors (Lipinski definition) is 1. The molecule has 0 radical (unpaired) electrons. The Balaban J connectivity index is 4.08. The maximum absolute atomic E-state index is 4.13. The van der Waals surface area contributed by atoms with Crippen LogP contribution >= 0.6 is 0 Å². The molecule has 0 N–H and O–H groups in total. The summed E-state index contributed by atoms with van der Waals surface area (Å²) in [5.41, 5.74) is 0. The molecule has 0 atom stereocenters. The van der Waals surface area contributed by atoms with Crippen molar-refractivity contribution in [1.29, 1.82) is 0 Å². The number of rotatable bonds is 1. The normalized spacial score (nSPS) is 10.9. The third kappa shape index (κ3) is 2.37. The van der Waals surface area contributed by atoms with Crippen LogP contribution in [0.1, 0.15) is 0 Å². The SMILES string of the molecule is BN(C)/C(=N\C)N(B)BC. The van der Waals surface area contributed by atoms with Crippen molar-refractivity contribution in [3.63, 3.8) is 0 Å². The van der Waals surface area contributed by atoms with Crippen LogP contribution in [0, 0.1) is 0 Å². The summed E-state index contributed by atoms with van der Waals surface area (Å²) in [7, 11) is 8.82. The maximum atomic E-state index is 4.13. The smallest absolute Gasteiger partial charge is 0.220 e. The molecule has 3 nitrogen and oxygen atoms in total. The van der Waals surface area contributed by atoms with Gasteiger partial charge in [-0.05, 0) is 7.05 Å². The molecule has 6 heteroatoms. The van der Waals surface area contributed by atoms with E-state index in [0.717, 1.165) is 13.4 Å². The number of hydrogen-bond donors (Lipinski definition) is 0. The summed E-state index contributed by atoms with van der Waals surface area (Å²) in [4.78, 5) is 6.13. The van der Waals surface area contributed by atoms with Crippen molar-refractivity contribution in [2.24, 2.45) is 4.99 Å². The fourth-order valence-corrected chi connectivity index (χ4v) is 0.854. The second-order valence-corrected chi connectivity index (χ2v) is 2.43. The Hall–Kier alpha value is -0.535. The van der Waals surface area contributed by atoms with Gasteiger partial charge in [-0.25, -0.2) is 0 Å². The minimum absolute atomic E-state index is 0.991. The average Bonchev–Trinajstić information content (AvgIpc) is 1.88. The first-order chi connectivity index (χ1) is 4.63. The predicted octanol–water partition coefficient (Wildman–Crippen LogP) is -2.30. The van der Waals surface area contributed by atoms with Gasteiger partial charge in [0.05, 0.1) is 0 Å². The summed E-state index contributed by atoms with van der Waals surface area (Å²) < 4.78 is 2.10. The van der Waals surface area contributed by atoms with E-state index in [4.69, 9.17) is 0 Å². The Morgan fingerprint density at radius 1 is 1.50 bits per heavy atom. The quantitative estimate of drug-likeness (QED) is 0.230. The van der Waals surface area contributed by atoms with Crippen LogP contribution in [0.4, 0.5) is 0 Å². The average molecular weight is 137 g/mol. The summed E-state index contributed by atoms with van der Waals surface area (Å²) in [6.45, 7) is 2.11. The van der Waals surface area contributed by atoms with Gasteiger partial charge in [0, 0.05) is 7.05 Å². The predicted molar refractivity (Wildman–Crippen MR) is 53.1 cm³/mol. The molecule has 0 aromatic rings. The fraction of sp³-hybridized carbons (Fsp3) is 0.750. The highest BCUT2D eigenvalue weighted by atomic mass is 15.3. The van der Waals surface area contributed by atoms with Gasteiger partial charge in [0.25, 0.3) is 0 Å². The van der Waals surface area contributed by atoms with Crippen molar-refractivity contribution < 1.29 is 0 Å². The molecule has 0 saturated heterocycles. The molecule has 0 fully saturated rings. The van der Waals surface area contributed by atoms with E-state index in [9.17, 15) is 0 Å². The van der Waals surface area contributed by atoms with E-state index in [1.807, 2.05) is 34.9 Å². The third-order valence-corrected chi connectivity index (χ3v) is 1.42. The molecule has 0 spiro atoms. The van der Waals surface area contributed by atoms with Crippen molar-refractivity contribution >= 4 is 29.3 Å². The zero-order chi connectivity index (χ0) is 8.15. The molecule has 0 saturated carbocycles. The van der Waals surface area contributed by atoms with Crippen LogP contribution in [0.5, 0.6) is 0 Å². The fourth-order valence-electron chi connectivity index (χ4n) is 0.854. The van der Waals surface area contributed by atoms with Crippen LogP contribution < -0.4 is 0 Å². The third-order valence-electron chi connectivity index (χ3n) is 1.42. The summed E-state index contributed by atoms with van der Waals surface area (Å²) in [6, 6.07) is 0. The first kappa shape index (κ1) is 9.46. The Morgan fingerprint density at radius 2 is 2.00 bits per heavy atom. The zero-order valence-electron chi connectivity index (χ0n) is 7.55. The van der Waals surface area contributed by atoms with Gasteiger partial charge in [-0.2, -0.15) is 0 Å². The highest BCUT2D eigenvalue weighted by Crippen LogP contribution is 1.86. The van der Waals surface area contributed by atoms with Crippen molar-refractivity contribution in [1.82, 2.24) is 9.53 Å². The lowest BCUT2D eigenvalue weighted by Gasteiger charge is -2.25. The molecule has 10 heavy (non-hydrogen) atoms. The number of nitrogens with zero attached hydrogens (tertiary/aromatic N) is 3. The topological polar surface area (TPSA) is 18.8 Å². The second-order valence-electron chi connectivity index (χ2n) is 2.43. The van der Waals surface area contributed by atoms with Crippen LogP contribution in [0.25, 0.3) is 0 Å². The molecule has 0 rings (SSSR count). The van der Waals surface area contributed by atoms with Gasteiger partial charge in [-0.1, -0.05) is 6.82 Å². The highest BCUT2D eigenvalue weighted by Gasteiger charge is 2.03. The summed E-state index contributed by atoms with van der Waals surface area (Å²) in [5, 5.41) is 0. The Kier molecular flexibility index (Phi) is 4.08. The van der Waals surface area contributed by atoms with Crippen LogP contribution in [0.3, 0.4) is 0 Å². The van der Waals surface area contributed by atoms with Gasteiger partial charge in [-0.15, -0.1) is 0 Å². The van der Waals surface area contributed by atoms with Gasteiger partial charge < -0.3 is 9.53 Å². The first-order valence-corrected chi connectivity index (χ1v) is 3.48. The number of guanidine groups is 1. The van der Waals surface area contributed by atoms with E-state index in [1.165, 1.54) is 0 Å². The van der Waals surface area contributed by atoms with Crippen molar-refractivity contribution in [2.75, 3.05) is 14.1 Å². The van der Waals surface area contributed by atoms with E-state index in [2.05, 4.69) is 16.5 Å². The summed E-state index contributed by atoms with van der Waals surface area (Å²) in [6.07, 6.45) is 0. The van der Waals surface area contributed by atoms with Gasteiger partial charge in [0.2, 0.25) is 23.4 Å². The van der Waals surface area contributed by atoms with Crippen molar-refractivity contribution in [3.8, 4) is 0 Å². The minimum atomic E-state index is 0.991. The Labute approximate surface area is 65.6 Å². The zero-order valence-corrected chi connectivity index (χ0v) is 7.55. The van der Waals surface area contributed by atoms with E-state index in [1.54, 1.807) is 0 Å². The van der Waals surface area contributed by atoms with Crippen LogP contribution in [0.2, 0.25) is 6.82 Å². The molecule has 0 unspecified atom stereocenters. The molecular weight excluding hydrogens is 123 g/mol. The van der Waals surface area contributed by atoms with Crippen LogP contribution in [0.15, 0.2) is 4.99 Å². The monoisotopic (exact) mass is 137 g/mol. The van der Waals surface area contributed by atoms with Gasteiger partial charge in [0.1, 0.15) is 0 Å². The molecule has 0 bridgehead atoms. The van der Waals surface area contributed by atoms with Gasteiger partial charge in [0.15, 0.2) is 5.96 Å². The Morgan fingerprint density at radius 3 is 2.10 bits per heavy atom. The molecular formula is C4H14B3N3. The number of aliphatic imine (C=N–C) groups is 1. The lowest BCUT2D eigenvalue weighted by atomic mass is 9.91. The molecule has 0 aromatic heterocycles. The van der Waals surface area contributed by atoms with Gasteiger partial charge in [-0.3, -0.25) is 4.99 Å². The Bertz CT molecular complexity index is 125. The lowest BCUT2D eigenvalue weighted by Crippen LogP contribution is -2.40. The molecule has 0 aliphatic carbocycles. The largest absolute Gasteiger partial charge is 0.441 e. The van der Waals surface area contributed by atoms with E-state index in [0.29, 0.717) is 0 Å². The van der Waals surface area contributed by atoms with Crippen molar-refractivity contribution in [3.05, 3.63) is 0 Å². The maximum Gasteiger partial charge on any atom is 0.220 e. The first-order valence-electron chi connectivity index (χ1n) is 3.48. The van der Waals surface area contributed by atoms with E-state index >= 15 is 0 Å². The highest BCUT2D eigenvalue weighted by molar-refractivity contribution is 6.47. The summed E-state index contributed by atoms with van der Waals surface area (Å²) >= 11 is 0. The summed E-state index contributed by atoms with van der Waals surface area (Å²) in [5.74, 6) is 1.02. The molecule has 0 aromatic carbocycles. The van der Waals surface area contributed by atoms with Gasteiger partial charge >= 0.3 is 0 Å². The van der Waals surface area contributed by atoms with E-state index in [-0.39, 0.29) is 0 Å². The standard InChI is InChI=1S/C4H14B3N3/c1-7-10(6)4(8-2)9(3)5/h7H,5-6H2,1-3H3/b8-4+. The molecule has 54 valence electrons. The lowest BCUT2D eigenvalue weighted by molar-refractivity contribution is 0.731. The van der Waals surface area contributed by atoms with E-state index < -0.39 is 0 Å². The molecule has 0 aliphatic rings. The molecule has 0 heterocycles. The van der Waals surface area contributed by atoms with Crippen molar-refractivity contribution in [2.45, 2.75) is 6.82 Å². The van der Waals surface area contributed by atoms with Crippen LogP contribution in [-0.2, 0) is 0 Å². The van der Waals surface area contributed by atoms with Crippen LogP contribution in [-0.4, -0.2) is 53.0 Å². The minimum Gasteiger partial charge on any atom is -0.441 e. The second kappa shape index (κ2) is 4.31. The molecule has 0 amide bonds. The molecule has 0 aliphatic heterocycles.